The van der Waals surface area contributed by atoms with Gasteiger partial charge in [0.25, 0.3) is 0 Å². The molecule has 3 aliphatic heterocycles. The van der Waals surface area contributed by atoms with E-state index in [-0.39, 0.29) is 12.0 Å². The fraction of sp³-hybridized carbons (Fsp3) is 0.533. The van der Waals surface area contributed by atoms with Crippen LogP contribution in [0.25, 0.3) is 0 Å². The van der Waals surface area contributed by atoms with Crippen LogP contribution in [0.3, 0.4) is 0 Å². The van der Waals surface area contributed by atoms with Gasteiger partial charge in [-0.3, -0.25) is 4.79 Å². The predicted octanol–water partition coefficient (Wildman–Crippen LogP) is 1.18. The number of nitrogens with zero attached hydrogens (tertiary/aromatic N) is 1. The second-order valence-corrected chi connectivity index (χ2v) is 5.55. The van der Waals surface area contributed by atoms with Gasteiger partial charge in [-0.2, -0.15) is 0 Å². The van der Waals surface area contributed by atoms with Crippen molar-refractivity contribution in [3.63, 3.8) is 0 Å². The zero-order chi connectivity index (χ0) is 12.8. The molecule has 1 aromatic rings. The highest BCUT2D eigenvalue weighted by atomic mass is 16.5. The molecule has 0 spiro atoms. The molecule has 0 radical (unpaired) electrons. The molecule has 4 nitrogen and oxygen atoms in total. The zero-order valence-electron chi connectivity index (χ0n) is 10.9. The van der Waals surface area contributed by atoms with Gasteiger partial charge in [-0.15, -0.1) is 0 Å². The first kappa shape index (κ1) is 11.4. The Kier molecular flexibility index (Phi) is 2.60. The summed E-state index contributed by atoms with van der Waals surface area (Å²) < 4.78 is 5.85. The van der Waals surface area contributed by atoms with E-state index in [0.29, 0.717) is 6.42 Å². The van der Waals surface area contributed by atoms with Crippen LogP contribution in [-0.2, 0) is 22.4 Å². The highest BCUT2D eigenvalue weighted by molar-refractivity contribution is 5.98. The van der Waals surface area contributed by atoms with Crippen molar-refractivity contribution in [1.29, 1.82) is 0 Å². The quantitative estimate of drug-likeness (QED) is 0.822. The van der Waals surface area contributed by atoms with E-state index < -0.39 is 0 Å². The number of benzene rings is 1. The summed E-state index contributed by atoms with van der Waals surface area (Å²) in [5.74, 6) is 0.287. The third-order valence-electron chi connectivity index (χ3n) is 4.37. The van der Waals surface area contributed by atoms with Crippen molar-refractivity contribution in [3.8, 4) is 0 Å². The van der Waals surface area contributed by atoms with Crippen LogP contribution in [0, 0.1) is 0 Å². The maximum absolute atomic E-state index is 11.9. The number of hydrogen-bond acceptors (Lipinski definition) is 3. The Morgan fingerprint density at radius 1 is 1.21 bits per heavy atom. The van der Waals surface area contributed by atoms with Gasteiger partial charge in [0.1, 0.15) is 0 Å². The maximum Gasteiger partial charge on any atom is 0.227 e. The number of carbonyl (C=O) groups is 1. The first-order valence-electron chi connectivity index (χ1n) is 7.11. The largest absolute Gasteiger partial charge is 0.371 e. The second kappa shape index (κ2) is 4.32. The minimum absolute atomic E-state index is 0.168. The van der Waals surface area contributed by atoms with Gasteiger partial charge in [-0.25, -0.2) is 0 Å². The van der Waals surface area contributed by atoms with Gasteiger partial charge in [0.2, 0.25) is 5.91 Å². The Bertz CT molecular complexity index is 535. The average Bonchev–Trinajstić information content (AvgIpc) is 2.89. The minimum atomic E-state index is 0.168. The Morgan fingerprint density at radius 3 is 2.84 bits per heavy atom. The standard InChI is InChI=1S/C15H18N2O2/c18-14-2-1-10-7-12(13-9-16-4-6-19-13)8-11-3-5-17(14)15(10)11/h7-8,13,16H,1-6,9H2. The van der Waals surface area contributed by atoms with E-state index in [1.165, 1.54) is 22.4 Å². The van der Waals surface area contributed by atoms with E-state index in [4.69, 9.17) is 4.74 Å². The number of carbonyl (C=O) groups excluding carboxylic acids is 1. The minimum Gasteiger partial charge on any atom is -0.371 e. The van der Waals surface area contributed by atoms with Gasteiger partial charge in [0.15, 0.2) is 0 Å². The number of nitrogens with one attached hydrogen (secondary N) is 1. The number of amides is 1. The molecule has 0 aliphatic carbocycles. The van der Waals surface area contributed by atoms with Crippen molar-refractivity contribution < 1.29 is 9.53 Å². The van der Waals surface area contributed by atoms with Crippen LogP contribution in [0.4, 0.5) is 5.69 Å². The first-order valence-corrected chi connectivity index (χ1v) is 7.11. The van der Waals surface area contributed by atoms with Crippen molar-refractivity contribution in [2.24, 2.45) is 0 Å². The van der Waals surface area contributed by atoms with Crippen LogP contribution in [0.2, 0.25) is 0 Å². The molecule has 4 heteroatoms. The number of anilines is 1. The van der Waals surface area contributed by atoms with Crippen LogP contribution in [-0.4, -0.2) is 32.1 Å². The zero-order valence-corrected chi connectivity index (χ0v) is 10.9. The molecule has 1 fully saturated rings. The molecule has 1 amide bonds. The smallest absolute Gasteiger partial charge is 0.227 e. The van der Waals surface area contributed by atoms with Crippen molar-refractivity contribution in [1.82, 2.24) is 5.32 Å². The monoisotopic (exact) mass is 258 g/mol. The highest BCUT2D eigenvalue weighted by Crippen LogP contribution is 2.39. The van der Waals surface area contributed by atoms with Crippen LogP contribution in [0.15, 0.2) is 12.1 Å². The van der Waals surface area contributed by atoms with Crippen molar-refractivity contribution in [2.45, 2.75) is 25.4 Å². The van der Waals surface area contributed by atoms with Crippen molar-refractivity contribution in [2.75, 3.05) is 31.1 Å². The van der Waals surface area contributed by atoms with Gasteiger partial charge in [0, 0.05) is 26.1 Å². The molecule has 1 aromatic carbocycles. The molecule has 1 saturated heterocycles. The highest BCUT2D eigenvalue weighted by Gasteiger charge is 2.32. The van der Waals surface area contributed by atoms with Crippen LogP contribution >= 0.6 is 0 Å². The molecule has 3 heterocycles. The predicted molar refractivity (Wildman–Crippen MR) is 72.4 cm³/mol. The first-order chi connectivity index (χ1) is 9.33. The van der Waals surface area contributed by atoms with Gasteiger partial charge in [0.05, 0.1) is 18.4 Å². The molecule has 4 rings (SSSR count). The van der Waals surface area contributed by atoms with Gasteiger partial charge >= 0.3 is 0 Å². The lowest BCUT2D eigenvalue weighted by Crippen LogP contribution is -2.34. The van der Waals surface area contributed by atoms with E-state index in [2.05, 4.69) is 17.4 Å². The average molecular weight is 258 g/mol. The molecule has 0 aromatic heterocycles. The second-order valence-electron chi connectivity index (χ2n) is 5.55. The Balaban J connectivity index is 1.75. The molecule has 1 N–H and O–H groups in total. The van der Waals surface area contributed by atoms with E-state index in [9.17, 15) is 4.79 Å². The van der Waals surface area contributed by atoms with Crippen LogP contribution < -0.4 is 10.2 Å². The molecule has 19 heavy (non-hydrogen) atoms. The summed E-state index contributed by atoms with van der Waals surface area (Å²) in [5.41, 5.74) is 5.13. The topological polar surface area (TPSA) is 41.6 Å². The molecule has 0 saturated carbocycles. The van der Waals surface area contributed by atoms with Gasteiger partial charge < -0.3 is 15.0 Å². The van der Waals surface area contributed by atoms with Crippen molar-refractivity contribution in [3.05, 3.63) is 28.8 Å². The number of ether oxygens (including phenoxy) is 1. The lowest BCUT2D eigenvalue weighted by atomic mass is 9.94. The number of hydrogen-bond donors (Lipinski definition) is 1. The fourth-order valence-electron chi connectivity index (χ4n) is 3.45. The van der Waals surface area contributed by atoms with E-state index in [1.54, 1.807) is 0 Å². The lowest BCUT2D eigenvalue weighted by Gasteiger charge is -2.28. The number of rotatable bonds is 1. The number of aryl methyl sites for hydroxylation is 1. The summed E-state index contributed by atoms with van der Waals surface area (Å²) in [5, 5.41) is 3.38. The third kappa shape index (κ3) is 1.78. The molecule has 100 valence electrons. The lowest BCUT2D eigenvalue weighted by molar-refractivity contribution is -0.118. The van der Waals surface area contributed by atoms with Gasteiger partial charge in [-0.05, 0) is 29.5 Å². The molecule has 1 atom stereocenters. The van der Waals surface area contributed by atoms with Crippen molar-refractivity contribution >= 4 is 11.6 Å². The van der Waals surface area contributed by atoms with E-state index >= 15 is 0 Å². The summed E-state index contributed by atoms with van der Waals surface area (Å²) >= 11 is 0. The molecule has 1 unspecified atom stereocenters. The molecule has 0 bridgehead atoms. The van der Waals surface area contributed by atoms with E-state index in [0.717, 1.165) is 39.1 Å². The third-order valence-corrected chi connectivity index (χ3v) is 4.37. The fourth-order valence-corrected chi connectivity index (χ4v) is 3.45. The summed E-state index contributed by atoms with van der Waals surface area (Å²) in [6.45, 7) is 3.47. The molecule has 3 aliphatic rings. The van der Waals surface area contributed by atoms with Gasteiger partial charge in [-0.1, -0.05) is 12.1 Å². The van der Waals surface area contributed by atoms with Crippen LogP contribution in [0.5, 0.6) is 0 Å². The maximum atomic E-state index is 11.9. The molecular formula is C15H18N2O2. The van der Waals surface area contributed by atoms with E-state index in [1.807, 2.05) is 4.90 Å². The summed E-state index contributed by atoms with van der Waals surface area (Å²) in [4.78, 5) is 13.9. The summed E-state index contributed by atoms with van der Waals surface area (Å²) in [7, 11) is 0. The Hall–Kier alpha value is -1.39. The Labute approximate surface area is 112 Å². The number of morpholine rings is 1. The summed E-state index contributed by atoms with van der Waals surface area (Å²) in [6.07, 6.45) is 2.69. The normalized spacial score (nSPS) is 25.6. The summed E-state index contributed by atoms with van der Waals surface area (Å²) in [6, 6.07) is 4.50. The molecular weight excluding hydrogens is 240 g/mol. The SMILES string of the molecule is O=C1CCc2cc(C3CNCCO3)cc3c2N1CC3. The van der Waals surface area contributed by atoms with Crippen LogP contribution in [0.1, 0.15) is 29.2 Å². The Morgan fingerprint density at radius 2 is 2.05 bits per heavy atom.